The van der Waals surface area contributed by atoms with E-state index in [4.69, 9.17) is 4.18 Å². The number of anilines is 1. The molecule has 1 heterocycles. The maximum absolute atomic E-state index is 13.2. The van der Waals surface area contributed by atoms with Crippen LogP contribution >= 0.6 is 0 Å². The van der Waals surface area contributed by atoms with Gasteiger partial charge in [0.25, 0.3) is 0 Å². The van der Waals surface area contributed by atoms with Gasteiger partial charge in [0.1, 0.15) is 5.25 Å². The molecule has 0 aliphatic carbocycles. The molecule has 5 heteroatoms. The van der Waals surface area contributed by atoms with Crippen molar-refractivity contribution >= 4 is 15.8 Å². The first kappa shape index (κ1) is 16.7. The van der Waals surface area contributed by atoms with Gasteiger partial charge in [0.2, 0.25) is 0 Å². The zero-order valence-corrected chi connectivity index (χ0v) is 15.1. The fraction of sp³-hybridized carbons (Fsp3) is 0.143. The molecular formula is C21H19NO3S. The topological polar surface area (TPSA) is 55.4 Å². The van der Waals surface area contributed by atoms with Crippen LogP contribution in [0.2, 0.25) is 0 Å². The second-order valence-corrected chi connectivity index (χ2v) is 8.10. The highest BCUT2D eigenvalue weighted by Crippen LogP contribution is 2.44. The van der Waals surface area contributed by atoms with Gasteiger partial charge in [-0.25, -0.2) is 0 Å². The predicted molar refractivity (Wildman–Crippen MR) is 103 cm³/mol. The first-order chi connectivity index (χ1) is 12.5. The minimum absolute atomic E-state index is 0.322. The third kappa shape index (κ3) is 3.06. The SMILES string of the molecule is Cc1ccc(C2Nc3ccccc3OS(=O)(=O)C2c2ccccc2)cc1. The van der Waals surface area contributed by atoms with E-state index in [9.17, 15) is 8.42 Å². The first-order valence-electron chi connectivity index (χ1n) is 8.45. The molecule has 0 spiro atoms. The molecule has 0 saturated carbocycles. The van der Waals surface area contributed by atoms with Crippen LogP contribution in [-0.2, 0) is 10.1 Å². The minimum atomic E-state index is -3.90. The van der Waals surface area contributed by atoms with Gasteiger partial charge in [-0.3, -0.25) is 0 Å². The summed E-state index contributed by atoms with van der Waals surface area (Å²) in [6.45, 7) is 2.01. The second-order valence-electron chi connectivity index (χ2n) is 6.44. The van der Waals surface area contributed by atoms with Gasteiger partial charge in [0.15, 0.2) is 5.75 Å². The van der Waals surface area contributed by atoms with Crippen molar-refractivity contribution in [2.75, 3.05) is 5.32 Å². The number of aryl methyl sites for hydroxylation is 1. The maximum Gasteiger partial charge on any atom is 0.318 e. The summed E-state index contributed by atoms with van der Waals surface area (Å²) in [5.41, 5.74) is 3.38. The van der Waals surface area contributed by atoms with Crippen LogP contribution in [0.15, 0.2) is 78.9 Å². The molecule has 0 radical (unpaired) electrons. The van der Waals surface area contributed by atoms with E-state index in [2.05, 4.69) is 5.32 Å². The van der Waals surface area contributed by atoms with Crippen molar-refractivity contribution in [3.63, 3.8) is 0 Å². The summed E-state index contributed by atoms with van der Waals surface area (Å²) in [7, 11) is -3.90. The van der Waals surface area contributed by atoms with E-state index in [1.54, 1.807) is 12.1 Å². The first-order valence-corrected chi connectivity index (χ1v) is 9.92. The van der Waals surface area contributed by atoms with Gasteiger partial charge in [-0.15, -0.1) is 0 Å². The average molecular weight is 365 g/mol. The van der Waals surface area contributed by atoms with Crippen LogP contribution in [0.4, 0.5) is 5.69 Å². The highest BCUT2D eigenvalue weighted by atomic mass is 32.2. The van der Waals surface area contributed by atoms with Gasteiger partial charge in [-0.2, -0.15) is 8.42 Å². The summed E-state index contributed by atoms with van der Waals surface area (Å²) in [6, 6.07) is 23.8. The van der Waals surface area contributed by atoms with Crippen LogP contribution < -0.4 is 9.50 Å². The standard InChI is InChI=1S/C21H19NO3S/c1-15-11-13-16(14-12-15)20-21(17-7-3-2-4-8-17)26(23,24)25-19-10-6-5-9-18(19)22-20/h2-14,20-22H,1H3. The number of rotatable bonds is 2. The summed E-state index contributed by atoms with van der Waals surface area (Å²) in [5.74, 6) is 0.322. The molecule has 2 atom stereocenters. The van der Waals surface area contributed by atoms with Crippen molar-refractivity contribution in [1.82, 2.24) is 0 Å². The van der Waals surface area contributed by atoms with Crippen molar-refractivity contribution in [3.05, 3.63) is 95.6 Å². The van der Waals surface area contributed by atoms with Gasteiger partial charge in [-0.05, 0) is 30.2 Å². The van der Waals surface area contributed by atoms with E-state index in [-0.39, 0.29) is 0 Å². The molecule has 0 aromatic heterocycles. The van der Waals surface area contributed by atoms with Crippen LogP contribution in [0.3, 0.4) is 0 Å². The average Bonchev–Trinajstić information content (AvgIpc) is 2.75. The summed E-state index contributed by atoms with van der Waals surface area (Å²) < 4.78 is 31.8. The zero-order valence-electron chi connectivity index (χ0n) is 14.3. The van der Waals surface area contributed by atoms with Crippen LogP contribution in [-0.4, -0.2) is 8.42 Å². The largest absolute Gasteiger partial charge is 0.380 e. The van der Waals surface area contributed by atoms with Crippen LogP contribution in [0, 0.1) is 6.92 Å². The second kappa shape index (κ2) is 6.50. The molecule has 1 aliphatic rings. The Morgan fingerprint density at radius 3 is 2.19 bits per heavy atom. The molecule has 0 saturated heterocycles. The van der Waals surface area contributed by atoms with Crippen LogP contribution in [0.25, 0.3) is 0 Å². The Balaban J connectivity index is 1.92. The lowest BCUT2D eigenvalue weighted by molar-refractivity contribution is 0.472. The third-order valence-electron chi connectivity index (χ3n) is 4.58. The molecule has 3 aromatic rings. The van der Waals surface area contributed by atoms with E-state index in [1.165, 1.54) is 0 Å². The van der Waals surface area contributed by atoms with Crippen molar-refractivity contribution in [2.45, 2.75) is 18.2 Å². The lowest BCUT2D eigenvalue weighted by Gasteiger charge is -2.25. The number of fused-ring (bicyclic) bond motifs is 1. The Labute approximate surface area is 153 Å². The molecular weight excluding hydrogens is 346 g/mol. The molecule has 1 aliphatic heterocycles. The van der Waals surface area contributed by atoms with Crippen molar-refractivity contribution in [1.29, 1.82) is 0 Å². The summed E-state index contributed by atoms with van der Waals surface area (Å²) in [6.07, 6.45) is 0. The molecule has 4 nitrogen and oxygen atoms in total. The van der Waals surface area contributed by atoms with Crippen molar-refractivity contribution < 1.29 is 12.6 Å². The molecule has 3 aromatic carbocycles. The van der Waals surface area contributed by atoms with Crippen LogP contribution in [0.5, 0.6) is 5.75 Å². The molecule has 2 unspecified atom stereocenters. The van der Waals surface area contributed by atoms with Gasteiger partial charge >= 0.3 is 10.1 Å². The molecule has 4 rings (SSSR count). The van der Waals surface area contributed by atoms with Crippen molar-refractivity contribution in [2.24, 2.45) is 0 Å². The fourth-order valence-corrected chi connectivity index (χ4v) is 4.83. The molecule has 132 valence electrons. The van der Waals surface area contributed by atoms with Crippen LogP contribution in [0.1, 0.15) is 28.0 Å². The number of hydrogen-bond donors (Lipinski definition) is 1. The Bertz CT molecular complexity index is 1010. The Morgan fingerprint density at radius 2 is 1.46 bits per heavy atom. The van der Waals surface area contributed by atoms with Gasteiger partial charge in [0.05, 0.1) is 11.7 Å². The highest BCUT2D eigenvalue weighted by molar-refractivity contribution is 7.87. The Hall–Kier alpha value is -2.79. The summed E-state index contributed by atoms with van der Waals surface area (Å²) in [4.78, 5) is 0. The number of hydrogen-bond acceptors (Lipinski definition) is 4. The minimum Gasteiger partial charge on any atom is -0.380 e. The van der Waals surface area contributed by atoms with E-state index in [1.807, 2.05) is 73.7 Å². The monoisotopic (exact) mass is 365 g/mol. The van der Waals surface area contributed by atoms with E-state index < -0.39 is 21.4 Å². The Morgan fingerprint density at radius 1 is 0.808 bits per heavy atom. The summed E-state index contributed by atoms with van der Waals surface area (Å²) in [5, 5.41) is 2.53. The third-order valence-corrected chi connectivity index (χ3v) is 6.16. The van der Waals surface area contributed by atoms with Gasteiger partial charge in [0, 0.05) is 0 Å². The highest BCUT2D eigenvalue weighted by Gasteiger charge is 2.40. The molecule has 1 N–H and O–H groups in total. The smallest absolute Gasteiger partial charge is 0.318 e. The van der Waals surface area contributed by atoms with Gasteiger partial charge in [-0.1, -0.05) is 72.3 Å². The maximum atomic E-state index is 13.2. The lowest BCUT2D eigenvalue weighted by atomic mass is 9.97. The quantitative estimate of drug-likeness (QED) is 0.674. The predicted octanol–water partition coefficient (Wildman–Crippen LogP) is 4.61. The molecule has 0 bridgehead atoms. The number of para-hydroxylation sites is 2. The zero-order chi connectivity index (χ0) is 18.1. The lowest BCUT2D eigenvalue weighted by Crippen LogP contribution is -2.26. The normalized spacial score (nSPS) is 21.0. The number of benzene rings is 3. The van der Waals surface area contributed by atoms with E-state index in [0.717, 1.165) is 11.1 Å². The van der Waals surface area contributed by atoms with E-state index in [0.29, 0.717) is 17.0 Å². The molecule has 26 heavy (non-hydrogen) atoms. The van der Waals surface area contributed by atoms with Gasteiger partial charge < -0.3 is 9.50 Å². The van der Waals surface area contributed by atoms with E-state index >= 15 is 0 Å². The fourth-order valence-electron chi connectivity index (χ4n) is 3.28. The van der Waals surface area contributed by atoms with Crippen molar-refractivity contribution in [3.8, 4) is 5.75 Å². The Kier molecular flexibility index (Phi) is 4.17. The summed E-state index contributed by atoms with van der Waals surface area (Å²) >= 11 is 0. The molecule has 0 amide bonds. The number of nitrogens with one attached hydrogen (secondary N) is 1. The molecule has 0 fully saturated rings.